The van der Waals surface area contributed by atoms with E-state index in [0.717, 1.165) is 5.56 Å². The largest absolute Gasteiger partial charge is 0.435 e. The summed E-state index contributed by atoms with van der Waals surface area (Å²) in [6, 6.07) is 6.63. The van der Waals surface area contributed by atoms with Gasteiger partial charge in [0.25, 0.3) is 0 Å². The van der Waals surface area contributed by atoms with E-state index in [4.69, 9.17) is 5.73 Å². The first kappa shape index (κ1) is 12.2. The lowest BCUT2D eigenvalue weighted by atomic mass is 9.95. The Bertz CT molecular complexity index is 389. The highest BCUT2D eigenvalue weighted by Gasteiger charge is 2.30. The summed E-state index contributed by atoms with van der Waals surface area (Å²) in [6.45, 7) is -0.817. The lowest BCUT2D eigenvalue weighted by Crippen LogP contribution is -2.38. The van der Waals surface area contributed by atoms with Gasteiger partial charge in [-0.2, -0.15) is 8.78 Å². The summed E-state index contributed by atoms with van der Waals surface area (Å²) in [5.41, 5.74) is 12.6. The zero-order valence-electron chi connectivity index (χ0n) is 9.36. The lowest BCUT2D eigenvalue weighted by molar-refractivity contribution is -0.0499. The second-order valence-corrected chi connectivity index (χ2v) is 4.10. The third kappa shape index (κ3) is 2.71. The first-order valence-corrected chi connectivity index (χ1v) is 5.39. The van der Waals surface area contributed by atoms with Gasteiger partial charge in [0.1, 0.15) is 5.75 Å². The molecular formula is C11H15F2N3O. The smallest absolute Gasteiger partial charge is 0.387 e. The van der Waals surface area contributed by atoms with E-state index in [1.807, 2.05) is 13.0 Å². The standard InChI is InChI=1S/C11H15F2N3O/c1-6-9(15-16-10(6)14)7-3-2-4-8(5-7)17-11(12)13/h2-6,9-11,15-16H,14H2,1H3. The van der Waals surface area contributed by atoms with E-state index >= 15 is 0 Å². The van der Waals surface area contributed by atoms with Crippen LogP contribution >= 0.6 is 0 Å². The van der Waals surface area contributed by atoms with Gasteiger partial charge in [-0.3, -0.25) is 0 Å². The Morgan fingerprint density at radius 3 is 2.71 bits per heavy atom. The van der Waals surface area contributed by atoms with Gasteiger partial charge in [-0.15, -0.1) is 0 Å². The number of hydrazine groups is 1. The van der Waals surface area contributed by atoms with Gasteiger partial charge in [0.2, 0.25) is 0 Å². The van der Waals surface area contributed by atoms with E-state index in [9.17, 15) is 8.78 Å². The second kappa shape index (κ2) is 4.95. The quantitative estimate of drug-likeness (QED) is 0.750. The van der Waals surface area contributed by atoms with Crippen LogP contribution < -0.4 is 21.3 Å². The van der Waals surface area contributed by atoms with Crippen molar-refractivity contribution in [3.8, 4) is 5.75 Å². The highest BCUT2D eigenvalue weighted by Crippen LogP contribution is 2.29. The summed E-state index contributed by atoms with van der Waals surface area (Å²) >= 11 is 0. The Kier molecular flexibility index (Phi) is 3.56. The highest BCUT2D eigenvalue weighted by molar-refractivity contribution is 5.31. The Hall–Kier alpha value is -1.24. The maximum absolute atomic E-state index is 12.1. The van der Waals surface area contributed by atoms with Crippen molar-refractivity contribution in [2.45, 2.75) is 25.7 Å². The topological polar surface area (TPSA) is 59.3 Å². The molecule has 94 valence electrons. The minimum atomic E-state index is -2.81. The zero-order valence-corrected chi connectivity index (χ0v) is 9.36. The summed E-state index contributed by atoms with van der Waals surface area (Å²) in [6.07, 6.45) is -0.153. The van der Waals surface area contributed by atoms with Gasteiger partial charge in [0.05, 0.1) is 12.2 Å². The molecule has 0 spiro atoms. The van der Waals surface area contributed by atoms with Crippen molar-refractivity contribution in [2.24, 2.45) is 11.7 Å². The number of hydrogen-bond acceptors (Lipinski definition) is 4. The van der Waals surface area contributed by atoms with Crippen molar-refractivity contribution in [3.63, 3.8) is 0 Å². The molecule has 1 aromatic carbocycles. The zero-order chi connectivity index (χ0) is 12.4. The summed E-state index contributed by atoms with van der Waals surface area (Å²) in [4.78, 5) is 0. The molecule has 2 rings (SSSR count). The molecule has 1 heterocycles. The third-order valence-corrected chi connectivity index (χ3v) is 2.94. The van der Waals surface area contributed by atoms with Gasteiger partial charge in [0.15, 0.2) is 0 Å². The lowest BCUT2D eigenvalue weighted by Gasteiger charge is -2.17. The number of hydrogen-bond donors (Lipinski definition) is 3. The highest BCUT2D eigenvalue weighted by atomic mass is 19.3. The van der Waals surface area contributed by atoms with Crippen LogP contribution in [0.5, 0.6) is 5.75 Å². The Balaban J connectivity index is 2.16. The maximum Gasteiger partial charge on any atom is 0.387 e. The van der Waals surface area contributed by atoms with E-state index in [0.29, 0.717) is 0 Å². The van der Waals surface area contributed by atoms with Gasteiger partial charge in [-0.25, -0.2) is 10.9 Å². The Morgan fingerprint density at radius 2 is 2.12 bits per heavy atom. The first-order chi connectivity index (χ1) is 8.08. The van der Waals surface area contributed by atoms with Crippen molar-refractivity contribution in [1.82, 2.24) is 10.9 Å². The van der Waals surface area contributed by atoms with Gasteiger partial charge in [0, 0.05) is 5.92 Å². The molecule has 0 radical (unpaired) electrons. The molecule has 0 aliphatic carbocycles. The van der Waals surface area contributed by atoms with Crippen molar-refractivity contribution in [1.29, 1.82) is 0 Å². The first-order valence-electron chi connectivity index (χ1n) is 5.39. The summed E-state index contributed by atoms with van der Waals surface area (Å²) in [5, 5.41) is 0. The summed E-state index contributed by atoms with van der Waals surface area (Å²) in [5.74, 6) is 0.323. The molecule has 4 N–H and O–H groups in total. The summed E-state index contributed by atoms with van der Waals surface area (Å²) < 4.78 is 28.6. The van der Waals surface area contributed by atoms with Crippen LogP contribution in [0.3, 0.4) is 0 Å². The molecule has 4 nitrogen and oxygen atoms in total. The minimum absolute atomic E-state index is 0.00813. The molecule has 3 unspecified atom stereocenters. The average Bonchev–Trinajstić information content (AvgIpc) is 2.59. The van der Waals surface area contributed by atoms with E-state index in [1.165, 1.54) is 6.07 Å². The molecule has 0 bridgehead atoms. The molecule has 0 aromatic heterocycles. The third-order valence-electron chi connectivity index (χ3n) is 2.94. The number of benzene rings is 1. The normalized spacial score (nSPS) is 28.6. The molecule has 0 saturated carbocycles. The molecule has 1 saturated heterocycles. The molecule has 1 aromatic rings. The average molecular weight is 243 g/mol. The van der Waals surface area contributed by atoms with Crippen LogP contribution in [0, 0.1) is 5.92 Å². The molecule has 0 amide bonds. The molecule has 6 heteroatoms. The molecule has 3 atom stereocenters. The van der Waals surface area contributed by atoms with Crippen molar-refractivity contribution in [2.75, 3.05) is 0 Å². The van der Waals surface area contributed by atoms with Gasteiger partial charge < -0.3 is 10.5 Å². The Morgan fingerprint density at radius 1 is 1.35 bits per heavy atom. The number of ether oxygens (including phenoxy) is 1. The van der Waals surface area contributed by atoms with Crippen molar-refractivity contribution < 1.29 is 13.5 Å². The van der Waals surface area contributed by atoms with Gasteiger partial charge >= 0.3 is 6.61 Å². The SMILES string of the molecule is CC1C(N)NNC1c1cccc(OC(F)F)c1. The summed E-state index contributed by atoms with van der Waals surface area (Å²) in [7, 11) is 0. The van der Waals surface area contributed by atoms with Gasteiger partial charge in [-0.1, -0.05) is 19.1 Å². The number of nitrogens with two attached hydrogens (primary N) is 1. The van der Waals surface area contributed by atoms with Crippen LogP contribution in [-0.4, -0.2) is 12.8 Å². The number of rotatable bonds is 3. The van der Waals surface area contributed by atoms with Crippen LogP contribution in [-0.2, 0) is 0 Å². The molecule has 17 heavy (non-hydrogen) atoms. The molecule has 1 aliphatic heterocycles. The Labute approximate surface area is 98.1 Å². The van der Waals surface area contributed by atoms with Crippen LogP contribution in [0.4, 0.5) is 8.78 Å². The van der Waals surface area contributed by atoms with E-state index in [-0.39, 0.29) is 23.9 Å². The number of alkyl halides is 2. The molecular weight excluding hydrogens is 228 g/mol. The van der Waals surface area contributed by atoms with Crippen LogP contribution in [0.2, 0.25) is 0 Å². The van der Waals surface area contributed by atoms with Crippen molar-refractivity contribution in [3.05, 3.63) is 29.8 Å². The van der Waals surface area contributed by atoms with E-state index < -0.39 is 6.61 Å². The van der Waals surface area contributed by atoms with E-state index in [2.05, 4.69) is 15.6 Å². The van der Waals surface area contributed by atoms with Crippen LogP contribution in [0.25, 0.3) is 0 Å². The molecule has 1 aliphatic rings. The minimum Gasteiger partial charge on any atom is -0.435 e. The van der Waals surface area contributed by atoms with Crippen LogP contribution in [0.1, 0.15) is 18.5 Å². The monoisotopic (exact) mass is 243 g/mol. The number of halogens is 2. The van der Waals surface area contributed by atoms with E-state index in [1.54, 1.807) is 12.1 Å². The maximum atomic E-state index is 12.1. The predicted molar refractivity (Wildman–Crippen MR) is 59.2 cm³/mol. The van der Waals surface area contributed by atoms with Crippen molar-refractivity contribution >= 4 is 0 Å². The van der Waals surface area contributed by atoms with Gasteiger partial charge in [-0.05, 0) is 17.7 Å². The second-order valence-electron chi connectivity index (χ2n) is 4.10. The number of nitrogens with one attached hydrogen (secondary N) is 2. The van der Waals surface area contributed by atoms with Crippen LogP contribution in [0.15, 0.2) is 24.3 Å². The predicted octanol–water partition coefficient (Wildman–Crippen LogP) is 1.36. The molecule has 1 fully saturated rings. The fourth-order valence-electron chi connectivity index (χ4n) is 1.93. The fourth-order valence-corrected chi connectivity index (χ4v) is 1.93. The fraction of sp³-hybridized carbons (Fsp3) is 0.455.